The molecule has 2 N–H and O–H groups in total. The summed E-state index contributed by atoms with van der Waals surface area (Å²) in [6.45, 7) is 0.719. The quantitative estimate of drug-likeness (QED) is 0.771. The standard InChI is InChI=1S/C12H12N4O3/c17-11-7(1-3-14-11)5-19-12(18)9-8-2-4-13-10(8)16-6-15-9/h2,4,6-7H,1,3,5H2,(H,14,17)(H,13,15,16)/t7-/m0/s1. The molecule has 3 rings (SSSR count). The van der Waals surface area contributed by atoms with Crippen LogP contribution in [0.15, 0.2) is 18.6 Å². The monoisotopic (exact) mass is 260 g/mol. The number of aromatic amines is 1. The van der Waals surface area contributed by atoms with Gasteiger partial charge in [0.2, 0.25) is 5.91 Å². The Morgan fingerprint density at radius 3 is 3.16 bits per heavy atom. The molecule has 1 aliphatic heterocycles. The van der Waals surface area contributed by atoms with E-state index in [0.717, 1.165) is 0 Å². The second-order valence-corrected chi connectivity index (χ2v) is 4.34. The predicted molar refractivity (Wildman–Crippen MR) is 65.3 cm³/mol. The summed E-state index contributed by atoms with van der Waals surface area (Å²) < 4.78 is 5.16. The molecule has 1 atom stereocenters. The van der Waals surface area contributed by atoms with Gasteiger partial charge in [0, 0.05) is 12.7 Å². The van der Waals surface area contributed by atoms with Gasteiger partial charge >= 0.3 is 5.97 Å². The molecule has 2 aromatic rings. The number of nitrogens with zero attached hydrogens (tertiary/aromatic N) is 2. The predicted octanol–water partition coefficient (Wildman–Crippen LogP) is 0.251. The lowest BCUT2D eigenvalue weighted by Gasteiger charge is -2.08. The molecule has 1 saturated heterocycles. The zero-order valence-corrected chi connectivity index (χ0v) is 10.0. The maximum absolute atomic E-state index is 12.0. The number of esters is 1. The van der Waals surface area contributed by atoms with Crippen LogP contribution in [0.1, 0.15) is 16.9 Å². The fourth-order valence-corrected chi connectivity index (χ4v) is 2.08. The Labute approximate surface area is 108 Å². The maximum Gasteiger partial charge on any atom is 0.357 e. The van der Waals surface area contributed by atoms with Gasteiger partial charge in [-0.25, -0.2) is 14.8 Å². The number of aromatic nitrogens is 3. The van der Waals surface area contributed by atoms with Gasteiger partial charge in [-0.05, 0) is 12.5 Å². The first-order valence-corrected chi connectivity index (χ1v) is 5.98. The third-order valence-corrected chi connectivity index (χ3v) is 3.13. The van der Waals surface area contributed by atoms with Crippen molar-refractivity contribution >= 4 is 22.9 Å². The first kappa shape index (κ1) is 11.6. The molecule has 0 bridgehead atoms. The third kappa shape index (κ3) is 2.14. The van der Waals surface area contributed by atoms with E-state index < -0.39 is 5.97 Å². The van der Waals surface area contributed by atoms with Crippen LogP contribution in [0.3, 0.4) is 0 Å². The van der Waals surface area contributed by atoms with Crippen molar-refractivity contribution in [3.05, 3.63) is 24.3 Å². The zero-order chi connectivity index (χ0) is 13.2. The van der Waals surface area contributed by atoms with Crippen molar-refractivity contribution < 1.29 is 14.3 Å². The number of nitrogens with one attached hydrogen (secondary N) is 2. The van der Waals surface area contributed by atoms with Crippen molar-refractivity contribution in [3.63, 3.8) is 0 Å². The molecule has 0 aliphatic carbocycles. The summed E-state index contributed by atoms with van der Waals surface area (Å²) in [7, 11) is 0. The number of ether oxygens (including phenoxy) is 1. The Bertz CT molecular complexity index is 637. The molecule has 3 heterocycles. The second-order valence-electron chi connectivity index (χ2n) is 4.34. The third-order valence-electron chi connectivity index (χ3n) is 3.13. The van der Waals surface area contributed by atoms with Crippen molar-refractivity contribution in [2.45, 2.75) is 6.42 Å². The molecule has 0 radical (unpaired) electrons. The number of amides is 1. The molecule has 0 aromatic carbocycles. The van der Waals surface area contributed by atoms with E-state index in [0.29, 0.717) is 24.0 Å². The van der Waals surface area contributed by atoms with Gasteiger partial charge in [-0.1, -0.05) is 0 Å². The topological polar surface area (TPSA) is 97.0 Å². The van der Waals surface area contributed by atoms with Gasteiger partial charge in [-0.15, -0.1) is 0 Å². The molecule has 1 aliphatic rings. The summed E-state index contributed by atoms with van der Waals surface area (Å²) in [5.74, 6) is -0.860. The van der Waals surface area contributed by atoms with Crippen LogP contribution < -0.4 is 5.32 Å². The molecule has 2 aromatic heterocycles. The van der Waals surface area contributed by atoms with Crippen LogP contribution in [0.5, 0.6) is 0 Å². The number of rotatable bonds is 3. The van der Waals surface area contributed by atoms with Crippen molar-refractivity contribution in [2.24, 2.45) is 5.92 Å². The second kappa shape index (κ2) is 4.68. The molecule has 7 nitrogen and oxygen atoms in total. The van der Waals surface area contributed by atoms with Crippen LogP contribution in [-0.2, 0) is 9.53 Å². The van der Waals surface area contributed by atoms with E-state index >= 15 is 0 Å². The van der Waals surface area contributed by atoms with Gasteiger partial charge in [0.05, 0.1) is 11.3 Å². The highest BCUT2D eigenvalue weighted by molar-refractivity contribution is 6.00. The van der Waals surface area contributed by atoms with E-state index in [4.69, 9.17) is 4.74 Å². The van der Waals surface area contributed by atoms with Crippen LogP contribution in [0.4, 0.5) is 0 Å². The lowest BCUT2D eigenvalue weighted by molar-refractivity contribution is -0.123. The number of hydrogen-bond acceptors (Lipinski definition) is 5. The SMILES string of the molecule is O=C(OC[C@@H]1CCNC1=O)c1ncnc2[nH]ccc12. The van der Waals surface area contributed by atoms with Crippen molar-refractivity contribution in [2.75, 3.05) is 13.2 Å². The lowest BCUT2D eigenvalue weighted by atomic mass is 10.1. The highest BCUT2D eigenvalue weighted by Gasteiger charge is 2.26. The molecule has 98 valence electrons. The van der Waals surface area contributed by atoms with Gasteiger partial charge in [0.15, 0.2) is 5.69 Å². The molecule has 0 unspecified atom stereocenters. The van der Waals surface area contributed by atoms with E-state index in [2.05, 4.69) is 20.3 Å². The van der Waals surface area contributed by atoms with Gasteiger partial charge in [0.1, 0.15) is 18.6 Å². The normalized spacial score (nSPS) is 18.5. The summed E-state index contributed by atoms with van der Waals surface area (Å²) >= 11 is 0. The summed E-state index contributed by atoms with van der Waals surface area (Å²) in [6, 6.07) is 1.72. The van der Waals surface area contributed by atoms with Gasteiger partial charge < -0.3 is 15.0 Å². The molecular weight excluding hydrogens is 248 g/mol. The van der Waals surface area contributed by atoms with Crippen LogP contribution >= 0.6 is 0 Å². The molecule has 7 heteroatoms. The van der Waals surface area contributed by atoms with Gasteiger partial charge in [-0.2, -0.15) is 0 Å². The molecule has 0 saturated carbocycles. The minimum Gasteiger partial charge on any atom is -0.460 e. The van der Waals surface area contributed by atoms with E-state index in [-0.39, 0.29) is 24.1 Å². The van der Waals surface area contributed by atoms with E-state index in [1.165, 1.54) is 6.33 Å². The smallest absolute Gasteiger partial charge is 0.357 e. The highest BCUT2D eigenvalue weighted by Crippen LogP contribution is 2.15. The maximum atomic E-state index is 12.0. The van der Waals surface area contributed by atoms with Gasteiger partial charge in [0.25, 0.3) is 0 Å². The Kier molecular flexibility index (Phi) is 2.86. The first-order valence-electron chi connectivity index (χ1n) is 5.98. The lowest BCUT2D eigenvalue weighted by Crippen LogP contribution is -2.24. The Morgan fingerprint density at radius 1 is 1.47 bits per heavy atom. The van der Waals surface area contributed by atoms with Crippen LogP contribution in [0.25, 0.3) is 11.0 Å². The average molecular weight is 260 g/mol. The number of hydrogen-bond donors (Lipinski definition) is 2. The Hall–Kier alpha value is -2.44. The number of fused-ring (bicyclic) bond motifs is 1. The summed E-state index contributed by atoms with van der Waals surface area (Å²) in [4.78, 5) is 34.2. The minimum absolute atomic E-state index is 0.0673. The van der Waals surface area contributed by atoms with E-state index in [1.807, 2.05) is 0 Å². The number of carbonyl (C=O) groups excluding carboxylic acids is 2. The van der Waals surface area contributed by atoms with Crippen molar-refractivity contribution in [3.8, 4) is 0 Å². The Balaban J connectivity index is 1.73. The zero-order valence-electron chi connectivity index (χ0n) is 10.0. The molecule has 0 spiro atoms. The largest absolute Gasteiger partial charge is 0.460 e. The average Bonchev–Trinajstić information content (AvgIpc) is 3.04. The van der Waals surface area contributed by atoms with Crippen LogP contribution in [-0.4, -0.2) is 40.0 Å². The van der Waals surface area contributed by atoms with Crippen LogP contribution in [0, 0.1) is 5.92 Å². The molecular formula is C12H12N4O3. The number of H-pyrrole nitrogens is 1. The van der Waals surface area contributed by atoms with Crippen molar-refractivity contribution in [1.82, 2.24) is 20.3 Å². The Morgan fingerprint density at radius 2 is 2.37 bits per heavy atom. The fraction of sp³-hybridized carbons (Fsp3) is 0.333. The summed E-state index contributed by atoms with van der Waals surface area (Å²) in [5.41, 5.74) is 0.796. The van der Waals surface area contributed by atoms with Crippen molar-refractivity contribution in [1.29, 1.82) is 0 Å². The first-order chi connectivity index (χ1) is 9.25. The fourth-order valence-electron chi connectivity index (χ4n) is 2.08. The summed E-state index contributed by atoms with van der Waals surface area (Å²) in [6.07, 6.45) is 3.67. The van der Waals surface area contributed by atoms with Gasteiger partial charge in [-0.3, -0.25) is 4.79 Å². The number of carbonyl (C=O) groups is 2. The highest BCUT2D eigenvalue weighted by atomic mass is 16.5. The van der Waals surface area contributed by atoms with E-state index in [9.17, 15) is 9.59 Å². The molecule has 1 fully saturated rings. The summed E-state index contributed by atoms with van der Waals surface area (Å²) in [5, 5.41) is 3.31. The van der Waals surface area contributed by atoms with Crippen LogP contribution in [0.2, 0.25) is 0 Å². The molecule has 1 amide bonds. The minimum atomic E-state index is -0.535. The van der Waals surface area contributed by atoms with E-state index in [1.54, 1.807) is 12.3 Å². The molecule has 19 heavy (non-hydrogen) atoms.